The molecule has 0 bridgehead atoms. The van der Waals surface area contributed by atoms with Crippen molar-refractivity contribution in [2.45, 2.75) is 19.4 Å². The molecule has 2 aromatic heterocycles. The van der Waals surface area contributed by atoms with Crippen LogP contribution in [0.5, 0.6) is 0 Å². The lowest BCUT2D eigenvalue weighted by atomic mass is 10.2. The van der Waals surface area contributed by atoms with Gasteiger partial charge in [-0.1, -0.05) is 0 Å². The van der Waals surface area contributed by atoms with Gasteiger partial charge in [-0.3, -0.25) is 4.79 Å². The van der Waals surface area contributed by atoms with Gasteiger partial charge in [0.05, 0.1) is 18.5 Å². The maximum absolute atomic E-state index is 11.5. The number of anilines is 1. The Morgan fingerprint density at radius 3 is 3.12 bits per heavy atom. The summed E-state index contributed by atoms with van der Waals surface area (Å²) in [5.74, 6) is 0.726. The summed E-state index contributed by atoms with van der Waals surface area (Å²) in [6.45, 7) is 0.422. The Morgan fingerprint density at radius 1 is 1.59 bits per heavy atom. The van der Waals surface area contributed by atoms with Crippen LogP contribution < -0.4 is 11.1 Å². The zero-order valence-electron chi connectivity index (χ0n) is 9.18. The van der Waals surface area contributed by atoms with Gasteiger partial charge < -0.3 is 15.5 Å². The van der Waals surface area contributed by atoms with E-state index in [1.807, 2.05) is 11.4 Å². The van der Waals surface area contributed by atoms with Gasteiger partial charge >= 0.3 is 0 Å². The average Bonchev–Trinajstić information content (AvgIpc) is 2.95. The smallest absolute Gasteiger partial charge is 0.220 e. The van der Waals surface area contributed by atoms with Crippen molar-refractivity contribution >= 4 is 22.4 Å². The minimum absolute atomic E-state index is 0.0204. The third-order valence-corrected chi connectivity index (χ3v) is 2.94. The number of hydrogen-bond donors (Lipinski definition) is 2. The Bertz CT molecular complexity index is 479. The Morgan fingerprint density at radius 2 is 2.47 bits per heavy atom. The van der Waals surface area contributed by atoms with Gasteiger partial charge in [0.25, 0.3) is 0 Å². The number of carbonyl (C=O) groups is 1. The average molecular weight is 251 g/mol. The molecule has 5 nitrogen and oxygen atoms in total. The molecule has 0 atom stereocenters. The molecule has 0 aliphatic heterocycles. The van der Waals surface area contributed by atoms with Gasteiger partial charge in [-0.2, -0.15) is 0 Å². The highest BCUT2D eigenvalue weighted by Gasteiger charge is 2.05. The van der Waals surface area contributed by atoms with E-state index in [0.29, 0.717) is 24.5 Å². The SMILES string of the molecule is Nc1nc(CCC(=O)NCc2ccco2)cs1. The summed E-state index contributed by atoms with van der Waals surface area (Å²) in [5, 5.41) is 5.18. The number of aryl methyl sites for hydroxylation is 1. The molecule has 0 fully saturated rings. The lowest BCUT2D eigenvalue weighted by molar-refractivity contribution is -0.121. The number of nitrogens with one attached hydrogen (secondary N) is 1. The topological polar surface area (TPSA) is 81.1 Å². The highest BCUT2D eigenvalue weighted by atomic mass is 32.1. The van der Waals surface area contributed by atoms with Crippen LogP contribution in [0.25, 0.3) is 0 Å². The maximum atomic E-state index is 11.5. The number of nitrogens with zero attached hydrogens (tertiary/aromatic N) is 1. The summed E-state index contributed by atoms with van der Waals surface area (Å²) in [5.41, 5.74) is 6.36. The van der Waals surface area contributed by atoms with Gasteiger partial charge in [-0.05, 0) is 18.6 Å². The van der Waals surface area contributed by atoms with Crippen molar-refractivity contribution in [1.29, 1.82) is 0 Å². The molecule has 0 radical (unpaired) electrons. The summed E-state index contributed by atoms with van der Waals surface area (Å²) < 4.78 is 5.11. The fraction of sp³-hybridized carbons (Fsp3) is 0.273. The van der Waals surface area contributed by atoms with Crippen molar-refractivity contribution in [1.82, 2.24) is 10.3 Å². The Kier molecular flexibility index (Phi) is 3.77. The second-order valence-electron chi connectivity index (χ2n) is 3.53. The minimum atomic E-state index is -0.0204. The van der Waals surface area contributed by atoms with E-state index in [9.17, 15) is 4.79 Å². The molecule has 0 aromatic carbocycles. The van der Waals surface area contributed by atoms with E-state index in [2.05, 4.69) is 10.3 Å². The number of rotatable bonds is 5. The lowest BCUT2D eigenvalue weighted by Crippen LogP contribution is -2.22. The summed E-state index contributed by atoms with van der Waals surface area (Å²) in [7, 11) is 0. The predicted molar refractivity (Wildman–Crippen MR) is 65.4 cm³/mol. The second-order valence-corrected chi connectivity index (χ2v) is 4.42. The molecule has 0 spiro atoms. The van der Waals surface area contributed by atoms with E-state index in [1.54, 1.807) is 12.3 Å². The number of carbonyl (C=O) groups excluding carboxylic acids is 1. The van der Waals surface area contributed by atoms with Gasteiger partial charge in [0.1, 0.15) is 5.76 Å². The van der Waals surface area contributed by atoms with Crippen LogP contribution in [0.4, 0.5) is 5.13 Å². The van der Waals surface area contributed by atoms with Crippen molar-refractivity contribution in [3.8, 4) is 0 Å². The molecule has 1 amide bonds. The number of amides is 1. The second kappa shape index (κ2) is 5.49. The van der Waals surface area contributed by atoms with E-state index in [0.717, 1.165) is 11.5 Å². The van der Waals surface area contributed by atoms with Crippen LogP contribution in [0, 0.1) is 0 Å². The molecule has 2 rings (SSSR count). The molecule has 2 aromatic rings. The van der Waals surface area contributed by atoms with Gasteiger partial charge in [-0.15, -0.1) is 11.3 Å². The molecular weight excluding hydrogens is 238 g/mol. The molecule has 0 unspecified atom stereocenters. The van der Waals surface area contributed by atoms with E-state index >= 15 is 0 Å². The largest absolute Gasteiger partial charge is 0.467 e. The Hall–Kier alpha value is -1.82. The number of furan rings is 1. The van der Waals surface area contributed by atoms with Crippen molar-refractivity contribution in [2.75, 3.05) is 5.73 Å². The standard InChI is InChI=1S/C11H13N3O2S/c12-11-14-8(7-17-11)3-4-10(15)13-6-9-2-1-5-16-9/h1-2,5,7H,3-4,6H2,(H2,12,14)(H,13,15). The first kappa shape index (κ1) is 11.7. The van der Waals surface area contributed by atoms with Gasteiger partial charge in [0.15, 0.2) is 5.13 Å². The van der Waals surface area contributed by atoms with Crippen LogP contribution in [-0.4, -0.2) is 10.9 Å². The number of thiazole rings is 1. The Balaban J connectivity index is 1.71. The first-order valence-corrected chi connectivity index (χ1v) is 6.11. The van der Waals surface area contributed by atoms with Crippen LogP contribution >= 0.6 is 11.3 Å². The summed E-state index contributed by atoms with van der Waals surface area (Å²) >= 11 is 1.39. The third kappa shape index (κ3) is 3.60. The zero-order chi connectivity index (χ0) is 12.1. The van der Waals surface area contributed by atoms with Gasteiger partial charge in [0, 0.05) is 11.8 Å². The fourth-order valence-electron chi connectivity index (χ4n) is 1.37. The predicted octanol–water partition coefficient (Wildman–Crippen LogP) is 1.57. The van der Waals surface area contributed by atoms with Crippen molar-refractivity contribution < 1.29 is 9.21 Å². The molecule has 2 heterocycles. The monoisotopic (exact) mass is 251 g/mol. The molecule has 0 aliphatic rings. The van der Waals surface area contributed by atoms with Crippen molar-refractivity contribution in [3.05, 3.63) is 35.2 Å². The van der Waals surface area contributed by atoms with E-state index < -0.39 is 0 Å². The number of aromatic nitrogens is 1. The van der Waals surface area contributed by atoms with Crippen LogP contribution in [0.2, 0.25) is 0 Å². The first-order chi connectivity index (χ1) is 8.24. The maximum Gasteiger partial charge on any atom is 0.220 e. The molecule has 90 valence electrons. The molecule has 0 saturated heterocycles. The van der Waals surface area contributed by atoms with Gasteiger partial charge in [0.2, 0.25) is 5.91 Å². The molecule has 0 saturated carbocycles. The zero-order valence-corrected chi connectivity index (χ0v) is 10.00. The third-order valence-electron chi connectivity index (χ3n) is 2.22. The highest BCUT2D eigenvalue weighted by Crippen LogP contribution is 2.12. The molecule has 6 heteroatoms. The number of nitrogens with two attached hydrogens (primary N) is 1. The molecule has 3 N–H and O–H groups in total. The van der Waals surface area contributed by atoms with E-state index in [1.165, 1.54) is 11.3 Å². The van der Waals surface area contributed by atoms with Crippen molar-refractivity contribution in [3.63, 3.8) is 0 Å². The normalized spacial score (nSPS) is 10.4. The minimum Gasteiger partial charge on any atom is -0.467 e. The quantitative estimate of drug-likeness (QED) is 0.845. The number of hydrogen-bond acceptors (Lipinski definition) is 5. The van der Waals surface area contributed by atoms with Crippen LogP contribution in [0.15, 0.2) is 28.2 Å². The van der Waals surface area contributed by atoms with Gasteiger partial charge in [-0.25, -0.2) is 4.98 Å². The van der Waals surface area contributed by atoms with Crippen LogP contribution in [-0.2, 0) is 17.8 Å². The van der Waals surface area contributed by atoms with E-state index in [4.69, 9.17) is 10.2 Å². The molecule has 17 heavy (non-hydrogen) atoms. The summed E-state index contributed by atoms with van der Waals surface area (Å²) in [6, 6.07) is 3.61. The Labute approximate surface area is 103 Å². The molecule has 0 aliphatic carbocycles. The summed E-state index contributed by atoms with van der Waals surface area (Å²) in [6.07, 6.45) is 2.60. The summed E-state index contributed by atoms with van der Waals surface area (Å²) in [4.78, 5) is 15.6. The van der Waals surface area contributed by atoms with Crippen LogP contribution in [0.1, 0.15) is 17.9 Å². The highest BCUT2D eigenvalue weighted by molar-refractivity contribution is 7.13. The van der Waals surface area contributed by atoms with Crippen molar-refractivity contribution in [2.24, 2.45) is 0 Å². The fourth-order valence-corrected chi connectivity index (χ4v) is 1.96. The number of nitrogen functional groups attached to an aromatic ring is 1. The van der Waals surface area contributed by atoms with Crippen LogP contribution in [0.3, 0.4) is 0 Å². The van der Waals surface area contributed by atoms with E-state index in [-0.39, 0.29) is 5.91 Å². The lowest BCUT2D eigenvalue weighted by Gasteiger charge is -2.01. The molecular formula is C11H13N3O2S. The first-order valence-electron chi connectivity index (χ1n) is 5.23.